The van der Waals surface area contributed by atoms with Crippen molar-refractivity contribution in [3.63, 3.8) is 0 Å². The van der Waals surface area contributed by atoms with Crippen LogP contribution in [0.4, 0.5) is 9.18 Å². The van der Waals surface area contributed by atoms with Gasteiger partial charge >= 0.3 is 6.09 Å². The number of hydrogen-bond donors (Lipinski definition) is 1. The summed E-state index contributed by atoms with van der Waals surface area (Å²) in [6.45, 7) is 7.75. The van der Waals surface area contributed by atoms with E-state index < -0.39 is 35.5 Å². The molecule has 1 aromatic heterocycles. The number of carbonyl (C=O) groups is 3. The maximum Gasteiger partial charge on any atom is 0.408 e. The van der Waals surface area contributed by atoms with E-state index in [1.807, 2.05) is 27.7 Å². The van der Waals surface area contributed by atoms with Crippen molar-refractivity contribution in [2.45, 2.75) is 110 Å². The largest absolute Gasteiger partial charge is 0.471 e. The highest BCUT2D eigenvalue weighted by molar-refractivity contribution is 5.89. The predicted molar refractivity (Wildman–Crippen MR) is 155 cm³/mol. The molecule has 2 amide bonds. The molecular formula is C32H43FN4O5. The number of aryl methyl sites for hydroxylation is 1. The molecule has 0 unspecified atom stereocenters. The minimum Gasteiger partial charge on any atom is -0.471 e. The Morgan fingerprint density at radius 2 is 1.81 bits per heavy atom. The number of halogens is 1. The van der Waals surface area contributed by atoms with Crippen LogP contribution < -0.4 is 10.1 Å². The molecule has 228 valence electrons. The lowest BCUT2D eigenvalue weighted by Crippen LogP contribution is -2.56. The fourth-order valence-corrected chi connectivity index (χ4v) is 6.86. The first kappa shape index (κ1) is 30.2. The van der Waals surface area contributed by atoms with Crippen LogP contribution in [0.2, 0.25) is 0 Å². The molecule has 1 saturated heterocycles. The second kappa shape index (κ2) is 12.5. The van der Waals surface area contributed by atoms with Gasteiger partial charge in [0.15, 0.2) is 0 Å². The zero-order valence-corrected chi connectivity index (χ0v) is 25.1. The summed E-state index contributed by atoms with van der Waals surface area (Å²) in [4.78, 5) is 50.7. The van der Waals surface area contributed by atoms with Gasteiger partial charge in [0.2, 0.25) is 11.8 Å². The van der Waals surface area contributed by atoms with Gasteiger partial charge in [0.05, 0.1) is 23.6 Å². The van der Waals surface area contributed by atoms with E-state index in [0.29, 0.717) is 35.4 Å². The van der Waals surface area contributed by atoms with Crippen LogP contribution in [0.3, 0.4) is 0 Å². The smallest absolute Gasteiger partial charge is 0.408 e. The molecule has 0 radical (unpaired) electrons. The molecule has 42 heavy (non-hydrogen) atoms. The Bertz CT molecular complexity index is 1310. The molecule has 1 aliphatic carbocycles. The number of hydrogen-bond acceptors (Lipinski definition) is 7. The molecule has 2 fully saturated rings. The maximum atomic E-state index is 14.1. The third kappa shape index (κ3) is 6.37. The van der Waals surface area contributed by atoms with Gasteiger partial charge in [-0.1, -0.05) is 40.5 Å². The summed E-state index contributed by atoms with van der Waals surface area (Å²) < 4.78 is 26.5. The number of aldehydes is 1. The summed E-state index contributed by atoms with van der Waals surface area (Å²) in [6, 6.07) is 2.70. The molecule has 5 rings (SSSR count). The second-order valence-corrected chi connectivity index (χ2v) is 13.1. The average Bonchev–Trinajstić information content (AvgIpc) is 3.53. The van der Waals surface area contributed by atoms with Gasteiger partial charge < -0.3 is 24.5 Å². The lowest BCUT2D eigenvalue weighted by Gasteiger charge is -2.35. The lowest BCUT2D eigenvalue weighted by molar-refractivity contribution is -0.139. The first-order chi connectivity index (χ1) is 20.1. The number of nitrogens with zero attached hydrogens (tertiary/aromatic N) is 3. The Morgan fingerprint density at radius 3 is 2.55 bits per heavy atom. The zero-order chi connectivity index (χ0) is 30.0. The van der Waals surface area contributed by atoms with Gasteiger partial charge in [-0.3, -0.25) is 4.79 Å². The Hall–Kier alpha value is -3.30. The minimum atomic E-state index is -0.901. The van der Waals surface area contributed by atoms with Crippen molar-refractivity contribution in [2.75, 3.05) is 6.54 Å². The van der Waals surface area contributed by atoms with Crippen molar-refractivity contribution < 1.29 is 28.2 Å². The Morgan fingerprint density at radius 1 is 1.02 bits per heavy atom. The highest BCUT2D eigenvalue weighted by Crippen LogP contribution is 2.35. The van der Waals surface area contributed by atoms with Crippen LogP contribution in [-0.4, -0.2) is 64.0 Å². The number of nitrogens with one attached hydrogen (secondary N) is 1. The van der Waals surface area contributed by atoms with E-state index in [4.69, 9.17) is 14.5 Å². The molecular weight excluding hydrogens is 539 g/mol. The van der Waals surface area contributed by atoms with Crippen LogP contribution in [0, 0.1) is 23.1 Å². The molecule has 0 spiro atoms. The van der Waals surface area contributed by atoms with Gasteiger partial charge in [-0.2, -0.15) is 0 Å². The average molecular weight is 583 g/mol. The van der Waals surface area contributed by atoms with Crippen molar-refractivity contribution in [1.29, 1.82) is 0 Å². The number of ether oxygens (including phenoxy) is 2. The van der Waals surface area contributed by atoms with E-state index in [9.17, 15) is 18.8 Å². The lowest BCUT2D eigenvalue weighted by atomic mass is 9.85. The number of fused-ring (bicyclic) bond motifs is 5. The number of benzene rings is 1. The van der Waals surface area contributed by atoms with E-state index >= 15 is 0 Å². The molecule has 1 N–H and O–H groups in total. The van der Waals surface area contributed by atoms with Crippen LogP contribution in [0.25, 0.3) is 11.0 Å². The van der Waals surface area contributed by atoms with Crippen molar-refractivity contribution in [3.8, 4) is 5.88 Å². The normalized spacial score (nSPS) is 29.5. The van der Waals surface area contributed by atoms with Crippen molar-refractivity contribution >= 4 is 29.3 Å². The summed E-state index contributed by atoms with van der Waals surface area (Å²) in [5.41, 5.74) is 1.04. The molecule has 3 heterocycles. The van der Waals surface area contributed by atoms with Gasteiger partial charge in [-0.05, 0) is 68.4 Å². The molecule has 2 aromatic rings. The Kier molecular flexibility index (Phi) is 8.99. The van der Waals surface area contributed by atoms with E-state index in [1.54, 1.807) is 6.07 Å². The molecule has 1 aromatic carbocycles. The molecule has 2 bridgehead atoms. The topological polar surface area (TPSA) is 111 Å². The van der Waals surface area contributed by atoms with Crippen LogP contribution in [0.1, 0.15) is 84.8 Å². The third-order valence-electron chi connectivity index (χ3n) is 9.18. The van der Waals surface area contributed by atoms with Crippen molar-refractivity contribution in [1.82, 2.24) is 20.2 Å². The first-order valence-electron chi connectivity index (χ1n) is 15.4. The summed E-state index contributed by atoms with van der Waals surface area (Å²) in [6.07, 6.45) is 7.36. The number of alkyl carbamates (subject to hydrolysis) is 1. The first-order valence-corrected chi connectivity index (χ1v) is 15.4. The summed E-state index contributed by atoms with van der Waals surface area (Å²) in [5.74, 6) is -0.444. The monoisotopic (exact) mass is 582 g/mol. The Labute approximate surface area is 246 Å². The fourth-order valence-electron chi connectivity index (χ4n) is 6.86. The van der Waals surface area contributed by atoms with Crippen molar-refractivity contribution in [2.24, 2.45) is 17.3 Å². The highest BCUT2D eigenvalue weighted by Gasteiger charge is 2.48. The highest BCUT2D eigenvalue weighted by atomic mass is 19.1. The zero-order valence-electron chi connectivity index (χ0n) is 25.1. The van der Waals surface area contributed by atoms with Gasteiger partial charge in [0.25, 0.3) is 0 Å². The van der Waals surface area contributed by atoms with Crippen LogP contribution in [-0.2, 0) is 20.7 Å². The number of amides is 2. The van der Waals surface area contributed by atoms with Crippen LogP contribution in [0.15, 0.2) is 18.2 Å². The van der Waals surface area contributed by atoms with Crippen LogP contribution >= 0.6 is 0 Å². The predicted octanol–water partition coefficient (Wildman–Crippen LogP) is 5.38. The molecule has 3 aliphatic rings. The summed E-state index contributed by atoms with van der Waals surface area (Å²) >= 11 is 0. The van der Waals surface area contributed by atoms with E-state index in [-0.39, 0.29) is 30.4 Å². The van der Waals surface area contributed by atoms with E-state index in [2.05, 4.69) is 10.3 Å². The molecule has 1 saturated carbocycles. The SMILES string of the molecule is CC[C@@H]1[C@@H]2CN(C(=O)[C@H](C(C)(C)C)NC(=O)O[C@@H]3CCC[C@H]3CCCCCc3nc4ccc(F)cc4nc3O2)[C@@H]1C=O. The maximum absolute atomic E-state index is 14.1. The van der Waals surface area contributed by atoms with Gasteiger partial charge in [-0.25, -0.2) is 19.2 Å². The fraction of sp³-hybridized carbons (Fsp3) is 0.656. The van der Waals surface area contributed by atoms with E-state index in [0.717, 1.165) is 51.2 Å². The van der Waals surface area contributed by atoms with E-state index in [1.165, 1.54) is 17.0 Å². The number of rotatable bonds is 2. The molecule has 10 heteroatoms. The number of carbonyl (C=O) groups excluding carboxylic acids is 3. The van der Waals surface area contributed by atoms with Crippen LogP contribution in [0.5, 0.6) is 5.88 Å². The van der Waals surface area contributed by atoms with Gasteiger partial charge in [0.1, 0.15) is 36.0 Å². The second-order valence-electron chi connectivity index (χ2n) is 13.1. The standard InChI is InChI=1S/C32H43FN4O5/c1-5-21-25(18-38)37-17-27(21)41-29-23(34-22-15-14-20(33)16-24(22)35-29)12-8-6-7-10-19-11-9-13-26(19)42-31(40)36-28(30(37)39)32(2,3)4/h14-16,18-19,21,25-28H,5-13,17H2,1-4H3,(H,36,40)/t19-,21+,25-,26-,27+,28-/m1/s1. The Balaban J connectivity index is 1.52. The van der Waals surface area contributed by atoms with Gasteiger partial charge in [-0.15, -0.1) is 0 Å². The molecule has 9 nitrogen and oxygen atoms in total. The minimum absolute atomic E-state index is 0.150. The quantitative estimate of drug-likeness (QED) is 0.474. The summed E-state index contributed by atoms with van der Waals surface area (Å²) in [7, 11) is 0. The molecule has 2 aliphatic heterocycles. The molecule has 6 atom stereocenters. The summed E-state index contributed by atoms with van der Waals surface area (Å²) in [5, 5.41) is 2.86. The van der Waals surface area contributed by atoms with Crippen molar-refractivity contribution in [3.05, 3.63) is 29.7 Å². The van der Waals surface area contributed by atoms with Gasteiger partial charge in [0, 0.05) is 12.0 Å². The third-order valence-corrected chi connectivity index (χ3v) is 9.18. The number of aromatic nitrogens is 2.